The monoisotopic (exact) mass is 376 g/mol. The number of carbonyl (C=O) groups excluding carboxylic acids is 1. The number of benzene rings is 2. The van der Waals surface area contributed by atoms with Gasteiger partial charge in [-0.3, -0.25) is 9.69 Å². The summed E-state index contributed by atoms with van der Waals surface area (Å²) in [4.78, 5) is 16.8. The van der Waals surface area contributed by atoms with Crippen LogP contribution in [0.2, 0.25) is 0 Å². The number of rotatable bonds is 7. The molecule has 0 aliphatic carbocycles. The molecule has 1 heterocycles. The van der Waals surface area contributed by atoms with E-state index in [1.165, 1.54) is 5.56 Å². The largest absolute Gasteiger partial charge is 0.380 e. The summed E-state index contributed by atoms with van der Waals surface area (Å²) in [7, 11) is 0. The van der Waals surface area contributed by atoms with Crippen LogP contribution in [-0.4, -0.2) is 48.3 Å². The fourth-order valence-electron chi connectivity index (χ4n) is 3.55. The molecule has 0 bridgehead atoms. The minimum absolute atomic E-state index is 0.00879. The average Bonchev–Trinajstić information content (AvgIpc) is 2.73. The molecular formula is C23H28N4O. The topological polar surface area (TPSA) is 59.4 Å². The van der Waals surface area contributed by atoms with Gasteiger partial charge in [-0.2, -0.15) is 5.26 Å². The van der Waals surface area contributed by atoms with Gasteiger partial charge in [0, 0.05) is 50.5 Å². The zero-order valence-electron chi connectivity index (χ0n) is 16.7. The van der Waals surface area contributed by atoms with Gasteiger partial charge in [-0.15, -0.1) is 0 Å². The number of hydrogen-bond acceptors (Lipinski definition) is 5. The summed E-state index contributed by atoms with van der Waals surface area (Å²) < 4.78 is 0. The number of ketones is 1. The quantitative estimate of drug-likeness (QED) is 0.750. The zero-order chi connectivity index (χ0) is 19.9. The number of piperazine rings is 1. The lowest BCUT2D eigenvalue weighted by Crippen LogP contribution is -2.45. The number of carbonyl (C=O) groups is 1. The molecule has 0 atom stereocenters. The Morgan fingerprint density at radius 2 is 1.68 bits per heavy atom. The Kier molecular flexibility index (Phi) is 6.80. The summed E-state index contributed by atoms with van der Waals surface area (Å²) >= 11 is 0. The smallest absolute Gasteiger partial charge is 0.161 e. The summed E-state index contributed by atoms with van der Waals surface area (Å²) in [6.45, 7) is 11.1. The van der Waals surface area contributed by atoms with E-state index in [1.807, 2.05) is 0 Å². The van der Waals surface area contributed by atoms with E-state index in [1.54, 1.807) is 25.1 Å². The van der Waals surface area contributed by atoms with Crippen molar-refractivity contribution in [2.45, 2.75) is 26.9 Å². The molecule has 0 unspecified atom stereocenters. The van der Waals surface area contributed by atoms with Crippen LogP contribution in [0.1, 0.15) is 40.9 Å². The molecule has 2 aromatic rings. The van der Waals surface area contributed by atoms with Crippen LogP contribution in [0.5, 0.6) is 0 Å². The first kappa shape index (κ1) is 20.1. The van der Waals surface area contributed by atoms with Crippen LogP contribution in [0, 0.1) is 11.3 Å². The molecule has 3 rings (SSSR count). The first-order valence-electron chi connectivity index (χ1n) is 9.90. The summed E-state index contributed by atoms with van der Waals surface area (Å²) in [6, 6.07) is 15.9. The van der Waals surface area contributed by atoms with Crippen LogP contribution in [0.15, 0.2) is 42.5 Å². The lowest BCUT2D eigenvalue weighted by Gasteiger charge is -2.34. The molecular weight excluding hydrogens is 348 g/mol. The highest BCUT2D eigenvalue weighted by Gasteiger charge is 2.15. The standard InChI is InChI=1S/C23H28N4O/c1-3-26-10-12-27(13-11-26)17-20-6-4-19(5-7-20)16-25-23-14-21(15-24)8-9-22(23)18(2)28/h4-9,14,25H,3,10-13,16-17H2,1-2H3. The number of nitrogens with zero attached hydrogens (tertiary/aromatic N) is 3. The maximum atomic E-state index is 11.8. The maximum absolute atomic E-state index is 11.8. The SMILES string of the molecule is CCN1CCN(Cc2ccc(CNc3cc(C#N)ccc3C(C)=O)cc2)CC1. The predicted octanol–water partition coefficient (Wildman–Crippen LogP) is 3.51. The van der Waals surface area contributed by atoms with Crippen molar-refractivity contribution in [1.29, 1.82) is 5.26 Å². The number of anilines is 1. The first-order chi connectivity index (χ1) is 13.6. The van der Waals surface area contributed by atoms with E-state index < -0.39 is 0 Å². The van der Waals surface area contributed by atoms with E-state index in [9.17, 15) is 4.79 Å². The molecule has 5 nitrogen and oxygen atoms in total. The molecule has 5 heteroatoms. The number of hydrogen-bond donors (Lipinski definition) is 1. The Bertz CT molecular complexity index is 846. The lowest BCUT2D eigenvalue weighted by molar-refractivity contribution is 0.101. The van der Waals surface area contributed by atoms with E-state index >= 15 is 0 Å². The van der Waals surface area contributed by atoms with E-state index in [0.29, 0.717) is 23.4 Å². The van der Waals surface area contributed by atoms with E-state index in [2.05, 4.69) is 52.4 Å². The van der Waals surface area contributed by atoms with Crippen molar-refractivity contribution < 1.29 is 4.79 Å². The van der Waals surface area contributed by atoms with Crippen LogP contribution in [0.4, 0.5) is 5.69 Å². The Morgan fingerprint density at radius 3 is 2.29 bits per heavy atom. The van der Waals surface area contributed by atoms with Crippen LogP contribution < -0.4 is 5.32 Å². The number of likely N-dealkylation sites (N-methyl/N-ethyl adjacent to an activating group) is 1. The van der Waals surface area contributed by atoms with Gasteiger partial charge in [0.1, 0.15) is 0 Å². The van der Waals surface area contributed by atoms with Crippen LogP contribution in [0.3, 0.4) is 0 Å². The maximum Gasteiger partial charge on any atom is 0.161 e. The van der Waals surface area contributed by atoms with Gasteiger partial charge in [-0.05, 0) is 42.8 Å². The fourth-order valence-corrected chi connectivity index (χ4v) is 3.55. The minimum atomic E-state index is -0.00879. The van der Waals surface area contributed by atoms with Crippen LogP contribution in [-0.2, 0) is 13.1 Å². The van der Waals surface area contributed by atoms with Crippen LogP contribution in [0.25, 0.3) is 0 Å². The van der Waals surface area contributed by atoms with Crippen molar-refractivity contribution in [3.63, 3.8) is 0 Å². The molecule has 0 amide bonds. The Balaban J connectivity index is 1.58. The van der Waals surface area contributed by atoms with Gasteiger partial charge < -0.3 is 10.2 Å². The normalized spacial score (nSPS) is 15.2. The zero-order valence-corrected chi connectivity index (χ0v) is 16.7. The van der Waals surface area contributed by atoms with E-state index in [4.69, 9.17) is 5.26 Å². The Morgan fingerprint density at radius 1 is 1.04 bits per heavy atom. The molecule has 146 valence electrons. The Hall–Kier alpha value is -2.68. The third-order valence-electron chi connectivity index (χ3n) is 5.35. The minimum Gasteiger partial charge on any atom is -0.380 e. The molecule has 2 aromatic carbocycles. The number of Topliss-reactive ketones (excluding diaryl/α,β-unsaturated/α-hetero) is 1. The fraction of sp³-hybridized carbons (Fsp3) is 0.391. The van der Waals surface area contributed by atoms with Gasteiger partial charge in [0.15, 0.2) is 5.78 Å². The van der Waals surface area contributed by atoms with Gasteiger partial charge >= 0.3 is 0 Å². The average molecular weight is 377 g/mol. The highest BCUT2D eigenvalue weighted by molar-refractivity contribution is 5.99. The number of nitriles is 1. The second-order valence-corrected chi connectivity index (χ2v) is 7.31. The van der Waals surface area contributed by atoms with Crippen molar-refractivity contribution >= 4 is 11.5 Å². The molecule has 0 spiro atoms. The van der Waals surface area contributed by atoms with E-state index in [0.717, 1.165) is 44.8 Å². The molecule has 1 N–H and O–H groups in total. The van der Waals surface area contributed by atoms with Gasteiger partial charge in [0.25, 0.3) is 0 Å². The second-order valence-electron chi connectivity index (χ2n) is 7.31. The third-order valence-corrected chi connectivity index (χ3v) is 5.35. The lowest BCUT2D eigenvalue weighted by atomic mass is 10.1. The highest BCUT2D eigenvalue weighted by atomic mass is 16.1. The van der Waals surface area contributed by atoms with Gasteiger partial charge in [-0.1, -0.05) is 31.2 Å². The number of nitrogens with one attached hydrogen (secondary N) is 1. The highest BCUT2D eigenvalue weighted by Crippen LogP contribution is 2.19. The third kappa shape index (κ3) is 5.19. The summed E-state index contributed by atoms with van der Waals surface area (Å²) in [6.07, 6.45) is 0. The molecule has 0 radical (unpaired) electrons. The van der Waals surface area contributed by atoms with Crippen molar-refractivity contribution in [2.24, 2.45) is 0 Å². The van der Waals surface area contributed by atoms with Crippen molar-refractivity contribution in [3.8, 4) is 6.07 Å². The molecule has 0 saturated carbocycles. The van der Waals surface area contributed by atoms with Crippen molar-refractivity contribution in [2.75, 3.05) is 38.0 Å². The molecule has 1 fully saturated rings. The Labute approximate surface area is 167 Å². The molecule has 28 heavy (non-hydrogen) atoms. The molecule has 1 saturated heterocycles. The molecule has 1 aliphatic rings. The molecule has 1 aliphatic heterocycles. The summed E-state index contributed by atoms with van der Waals surface area (Å²) in [5.74, 6) is -0.00879. The molecule has 0 aromatic heterocycles. The van der Waals surface area contributed by atoms with E-state index in [-0.39, 0.29) is 5.78 Å². The van der Waals surface area contributed by atoms with Gasteiger partial charge in [0.05, 0.1) is 11.6 Å². The second kappa shape index (κ2) is 9.50. The van der Waals surface area contributed by atoms with Crippen LogP contribution >= 0.6 is 0 Å². The predicted molar refractivity (Wildman–Crippen MR) is 112 cm³/mol. The van der Waals surface area contributed by atoms with Gasteiger partial charge in [-0.25, -0.2) is 0 Å². The summed E-state index contributed by atoms with van der Waals surface area (Å²) in [5.41, 5.74) is 4.35. The first-order valence-corrected chi connectivity index (χ1v) is 9.90. The van der Waals surface area contributed by atoms with Crippen molar-refractivity contribution in [1.82, 2.24) is 9.80 Å². The van der Waals surface area contributed by atoms with Gasteiger partial charge in [0.2, 0.25) is 0 Å². The summed E-state index contributed by atoms with van der Waals surface area (Å²) in [5, 5.41) is 12.4. The van der Waals surface area contributed by atoms with Crippen molar-refractivity contribution in [3.05, 3.63) is 64.7 Å².